The van der Waals surface area contributed by atoms with Gasteiger partial charge < -0.3 is 0 Å². The van der Waals surface area contributed by atoms with E-state index in [0.29, 0.717) is 12.8 Å². The maximum atomic E-state index is 13.6. The molecule has 0 unspecified atom stereocenters. The second-order valence-corrected chi connectivity index (χ2v) is 23.1. The SMILES string of the molecule is CC(C)(C)C1=[C]2CC=C1C(C)(C(C)(C)C)C1=CC[C](=C1C(C)(C)C)[Zr]2([O]c1ccc(C(F)(F)F)cc1)[O]c1ccc(C(F)(F)F)cc1. The van der Waals surface area contributed by atoms with Crippen LogP contribution in [-0.2, 0) is 33.5 Å². The molecule has 2 aromatic rings. The summed E-state index contributed by atoms with van der Waals surface area (Å²) in [6, 6.07) is 9.33. The fourth-order valence-corrected chi connectivity index (χ4v) is 18.0. The van der Waals surface area contributed by atoms with Crippen LogP contribution in [0, 0.1) is 21.7 Å². The molecular formula is C38H44F6O2Zr. The Morgan fingerprint density at radius 3 is 1.13 bits per heavy atom. The van der Waals surface area contributed by atoms with Gasteiger partial charge in [-0.1, -0.05) is 0 Å². The Hall–Kier alpha value is -2.54. The average Bonchev–Trinajstić information content (AvgIpc) is 3.58. The zero-order chi connectivity index (χ0) is 35.2. The van der Waals surface area contributed by atoms with Gasteiger partial charge in [0.05, 0.1) is 0 Å². The van der Waals surface area contributed by atoms with E-state index in [1.807, 2.05) is 0 Å². The molecule has 0 aromatic heterocycles. The van der Waals surface area contributed by atoms with Crippen LogP contribution in [-0.4, -0.2) is 0 Å². The van der Waals surface area contributed by atoms with Gasteiger partial charge in [-0.2, -0.15) is 0 Å². The molecule has 0 N–H and O–H groups in total. The van der Waals surface area contributed by atoms with Crippen molar-refractivity contribution < 1.29 is 53.1 Å². The molecule has 0 amide bonds. The van der Waals surface area contributed by atoms with Crippen LogP contribution in [0.4, 0.5) is 26.3 Å². The van der Waals surface area contributed by atoms with E-state index in [9.17, 15) is 26.3 Å². The van der Waals surface area contributed by atoms with Crippen LogP contribution in [0.25, 0.3) is 0 Å². The van der Waals surface area contributed by atoms with E-state index in [4.69, 9.17) is 5.63 Å². The second kappa shape index (κ2) is 11.3. The maximum absolute atomic E-state index is 13.6. The van der Waals surface area contributed by atoms with E-state index in [1.165, 1.54) is 35.4 Å². The molecule has 3 aliphatic rings. The van der Waals surface area contributed by atoms with E-state index in [1.54, 1.807) is 0 Å². The number of rotatable bonds is 4. The third kappa shape index (κ3) is 6.12. The minimum absolute atomic E-state index is 0.208. The summed E-state index contributed by atoms with van der Waals surface area (Å²) in [4.78, 5) is 0. The quantitative estimate of drug-likeness (QED) is 0.291. The van der Waals surface area contributed by atoms with Crippen LogP contribution in [0.3, 0.4) is 0 Å². The Morgan fingerprint density at radius 2 is 0.872 bits per heavy atom. The summed E-state index contributed by atoms with van der Waals surface area (Å²) in [6.45, 7) is 21.9. The summed E-state index contributed by atoms with van der Waals surface area (Å²) in [5.41, 5.74) is 1.65. The monoisotopic (exact) mass is 736 g/mol. The van der Waals surface area contributed by atoms with Crippen molar-refractivity contribution in [3.05, 3.63) is 101 Å². The molecule has 1 aliphatic heterocycles. The molecule has 5 rings (SSSR count). The summed E-state index contributed by atoms with van der Waals surface area (Å²) >= 11 is -5.07. The van der Waals surface area contributed by atoms with Gasteiger partial charge in [0.25, 0.3) is 0 Å². The Balaban J connectivity index is 1.88. The Labute approximate surface area is 280 Å². The van der Waals surface area contributed by atoms with Crippen molar-refractivity contribution in [1.29, 1.82) is 0 Å². The van der Waals surface area contributed by atoms with Gasteiger partial charge in [0, 0.05) is 0 Å². The van der Waals surface area contributed by atoms with Crippen LogP contribution in [0.1, 0.15) is 93.2 Å². The zero-order valence-electron chi connectivity index (χ0n) is 28.8. The molecule has 0 saturated carbocycles. The topological polar surface area (TPSA) is 18.5 Å². The molecular weight excluding hydrogens is 694 g/mol. The van der Waals surface area contributed by atoms with Crippen LogP contribution in [0.15, 0.2) is 89.5 Å². The van der Waals surface area contributed by atoms with Crippen molar-refractivity contribution in [2.45, 2.75) is 94.4 Å². The van der Waals surface area contributed by atoms with Crippen LogP contribution in [0.2, 0.25) is 0 Å². The molecule has 2 aliphatic carbocycles. The predicted molar refractivity (Wildman–Crippen MR) is 170 cm³/mol. The molecule has 254 valence electrons. The van der Waals surface area contributed by atoms with Crippen molar-refractivity contribution in [3.8, 4) is 11.5 Å². The fraction of sp³-hybridized carbons (Fsp3) is 0.474. The molecule has 1 heterocycles. The van der Waals surface area contributed by atoms with Crippen molar-refractivity contribution in [2.75, 3.05) is 0 Å². The first kappa shape index (κ1) is 35.8. The number of allylic oxidation sites excluding steroid dienone is 8. The molecule has 9 heteroatoms. The molecule has 4 bridgehead atoms. The normalized spacial score (nSPS) is 19.7. The van der Waals surface area contributed by atoms with Crippen molar-refractivity contribution >= 4 is 0 Å². The number of alkyl halides is 6. The molecule has 0 atom stereocenters. The third-order valence-corrected chi connectivity index (χ3v) is 18.6. The van der Waals surface area contributed by atoms with Crippen LogP contribution >= 0.6 is 0 Å². The van der Waals surface area contributed by atoms with E-state index in [0.717, 1.165) is 42.0 Å². The molecule has 0 spiro atoms. The van der Waals surface area contributed by atoms with Gasteiger partial charge in [0.15, 0.2) is 0 Å². The molecule has 0 fully saturated rings. The van der Waals surface area contributed by atoms with Crippen molar-refractivity contribution in [1.82, 2.24) is 0 Å². The standard InChI is InChI=1S/C24H36.2C7H5F3O.Zr/c1-21(2,3)17-13-11-15-19(17)24(10,23(7,8)9)20-16-12-14-18(20)22(4,5)6;2*8-7(9,10)5-1-3-6(11)4-2-5;/h15-16H,11-12H2,1-10H3;2*1-4,11H;/q;;;+2/p-2. The molecule has 0 saturated heterocycles. The zero-order valence-corrected chi connectivity index (χ0v) is 31.2. The van der Waals surface area contributed by atoms with Crippen molar-refractivity contribution in [2.24, 2.45) is 21.7 Å². The number of hydrogen-bond acceptors (Lipinski definition) is 2. The van der Waals surface area contributed by atoms with E-state index >= 15 is 0 Å². The first-order valence-electron chi connectivity index (χ1n) is 15.9. The summed E-state index contributed by atoms with van der Waals surface area (Å²) in [6.07, 6.45) is -3.46. The Morgan fingerprint density at radius 1 is 0.553 bits per heavy atom. The van der Waals surface area contributed by atoms with Gasteiger partial charge in [-0.3, -0.25) is 0 Å². The average molecular weight is 738 g/mol. The van der Waals surface area contributed by atoms with Gasteiger partial charge in [-0.05, 0) is 0 Å². The third-order valence-electron chi connectivity index (χ3n) is 9.92. The first-order valence-corrected chi connectivity index (χ1v) is 20.4. The Kier molecular flexibility index (Phi) is 8.56. The van der Waals surface area contributed by atoms with Crippen LogP contribution in [0.5, 0.6) is 11.5 Å². The minimum atomic E-state index is -5.07. The number of fused-ring (bicyclic) bond motifs is 2. The van der Waals surface area contributed by atoms with Gasteiger partial charge >= 0.3 is 281 Å². The van der Waals surface area contributed by atoms with Gasteiger partial charge in [0.1, 0.15) is 0 Å². The fourth-order valence-electron chi connectivity index (χ4n) is 7.52. The number of hydrogen-bond donors (Lipinski definition) is 0. The summed E-state index contributed by atoms with van der Waals surface area (Å²) < 4.78 is 97.7. The van der Waals surface area contributed by atoms with Gasteiger partial charge in [0.2, 0.25) is 0 Å². The number of benzene rings is 2. The van der Waals surface area contributed by atoms with E-state index in [-0.39, 0.29) is 27.7 Å². The number of halogens is 6. The summed E-state index contributed by atoms with van der Waals surface area (Å²) in [5, 5.41) is 0. The first-order chi connectivity index (χ1) is 21.3. The second-order valence-electron chi connectivity index (χ2n) is 16.1. The predicted octanol–water partition coefficient (Wildman–Crippen LogP) is 12.5. The summed E-state index contributed by atoms with van der Waals surface area (Å²) in [5.74, 6) is 0.478. The van der Waals surface area contributed by atoms with Crippen LogP contribution < -0.4 is 5.63 Å². The molecule has 2 nitrogen and oxygen atoms in total. The Bertz CT molecular complexity index is 1560. The van der Waals surface area contributed by atoms with E-state index < -0.39 is 50.0 Å². The summed E-state index contributed by atoms with van der Waals surface area (Å²) in [7, 11) is 0. The van der Waals surface area contributed by atoms with Gasteiger partial charge in [-0.15, -0.1) is 0 Å². The van der Waals surface area contributed by atoms with Gasteiger partial charge in [-0.25, -0.2) is 0 Å². The molecule has 47 heavy (non-hydrogen) atoms. The molecule has 2 aromatic carbocycles. The van der Waals surface area contributed by atoms with E-state index in [2.05, 4.69) is 81.4 Å². The van der Waals surface area contributed by atoms with Crippen molar-refractivity contribution in [3.63, 3.8) is 0 Å². The molecule has 0 radical (unpaired) electrons.